The molecular weight excluding hydrogens is 381 g/mol. The molecule has 4 unspecified atom stereocenters. The zero-order valence-corrected chi connectivity index (χ0v) is 18.3. The molecule has 1 aromatic rings. The first-order valence-electron chi connectivity index (χ1n) is 9.90. The van der Waals surface area contributed by atoms with Crippen molar-refractivity contribution in [2.75, 3.05) is 20.6 Å². The summed E-state index contributed by atoms with van der Waals surface area (Å²) in [5.41, 5.74) is -1.61. The van der Waals surface area contributed by atoms with Crippen molar-refractivity contribution < 1.29 is 19.0 Å². The Kier molecular flexibility index (Phi) is 6.84. The second-order valence-corrected chi connectivity index (χ2v) is 9.72. The van der Waals surface area contributed by atoms with Gasteiger partial charge in [-0.15, -0.1) is 12.4 Å². The molecule has 2 aliphatic carbocycles. The third kappa shape index (κ3) is 4.52. The largest absolute Gasteiger partial charge is 0.426 e. The van der Waals surface area contributed by atoms with Crippen LogP contribution >= 0.6 is 12.4 Å². The Morgan fingerprint density at radius 2 is 2.00 bits per heavy atom. The van der Waals surface area contributed by atoms with Gasteiger partial charge in [-0.2, -0.15) is 0 Å². The molecule has 2 fully saturated rings. The molecule has 4 atom stereocenters. The molecule has 0 heterocycles. The van der Waals surface area contributed by atoms with E-state index in [0.29, 0.717) is 30.6 Å². The molecule has 3 rings (SSSR count). The average Bonchev–Trinajstić information content (AvgIpc) is 2.95. The van der Waals surface area contributed by atoms with E-state index < -0.39 is 16.8 Å². The molecule has 0 amide bonds. The molecule has 0 radical (unpaired) electrons. The minimum atomic E-state index is -1.23. The monoisotopic (exact) mass is 413 g/mol. The van der Waals surface area contributed by atoms with Gasteiger partial charge in [0.1, 0.15) is 11.6 Å². The highest BCUT2D eigenvalue weighted by molar-refractivity contribution is 5.85. The zero-order chi connectivity index (χ0) is 20.0. The molecule has 0 aliphatic heterocycles. The standard InChI is InChI=1S/C22H32FNO3.ClH/c1-21(2,3)20(25)27-16-8-9-19(23)17(11-16)22(26)12-14-6-7-15(10-14)18(22)13-24(4)5;/h8-9,11,14-15,18,26H,6-7,10,12-13H2,1-5H3;1H. The lowest BCUT2D eigenvalue weighted by Crippen LogP contribution is -2.48. The highest BCUT2D eigenvalue weighted by Crippen LogP contribution is 2.55. The molecule has 2 aliphatic rings. The Balaban J connectivity index is 0.00000280. The van der Waals surface area contributed by atoms with E-state index in [1.165, 1.54) is 18.2 Å². The number of hydrogen-bond acceptors (Lipinski definition) is 4. The summed E-state index contributed by atoms with van der Waals surface area (Å²) in [6.45, 7) is 6.04. The van der Waals surface area contributed by atoms with Gasteiger partial charge in [-0.3, -0.25) is 4.79 Å². The molecule has 0 aromatic heterocycles. The molecule has 28 heavy (non-hydrogen) atoms. The molecule has 1 aromatic carbocycles. The lowest BCUT2D eigenvalue weighted by molar-refractivity contribution is -0.143. The Labute approximate surface area is 173 Å². The third-order valence-corrected chi connectivity index (χ3v) is 6.15. The summed E-state index contributed by atoms with van der Waals surface area (Å²) < 4.78 is 20.3. The summed E-state index contributed by atoms with van der Waals surface area (Å²) in [7, 11) is 3.97. The smallest absolute Gasteiger partial charge is 0.316 e. The molecule has 6 heteroatoms. The van der Waals surface area contributed by atoms with Gasteiger partial charge in [0.25, 0.3) is 0 Å². The number of hydrogen-bond donors (Lipinski definition) is 1. The fraction of sp³-hybridized carbons (Fsp3) is 0.682. The van der Waals surface area contributed by atoms with Crippen molar-refractivity contribution >= 4 is 18.4 Å². The topological polar surface area (TPSA) is 49.8 Å². The first kappa shape index (κ1) is 23.1. The quantitative estimate of drug-likeness (QED) is 0.587. The highest BCUT2D eigenvalue weighted by atomic mass is 35.5. The van der Waals surface area contributed by atoms with Crippen LogP contribution in [0.2, 0.25) is 0 Å². The Bertz CT molecular complexity index is 718. The number of benzene rings is 1. The van der Waals surface area contributed by atoms with Gasteiger partial charge in [-0.1, -0.05) is 6.42 Å². The van der Waals surface area contributed by atoms with Gasteiger partial charge in [0.05, 0.1) is 11.0 Å². The number of nitrogens with zero attached hydrogens (tertiary/aromatic N) is 1. The number of ether oxygens (including phenoxy) is 1. The van der Waals surface area contributed by atoms with Crippen molar-refractivity contribution in [1.82, 2.24) is 4.90 Å². The second kappa shape index (κ2) is 8.29. The number of halogens is 2. The molecule has 4 nitrogen and oxygen atoms in total. The molecule has 1 N–H and O–H groups in total. The number of carbonyl (C=O) groups excluding carboxylic acids is 1. The molecule has 0 spiro atoms. The summed E-state index contributed by atoms with van der Waals surface area (Å²) in [6.07, 6.45) is 3.86. The second-order valence-electron chi connectivity index (χ2n) is 9.72. The average molecular weight is 414 g/mol. The van der Waals surface area contributed by atoms with E-state index in [4.69, 9.17) is 4.74 Å². The predicted molar refractivity (Wildman–Crippen MR) is 110 cm³/mol. The molecule has 2 bridgehead atoms. The zero-order valence-electron chi connectivity index (χ0n) is 17.5. The maximum atomic E-state index is 14.8. The summed E-state index contributed by atoms with van der Waals surface area (Å²) in [6, 6.07) is 4.30. The summed E-state index contributed by atoms with van der Waals surface area (Å²) in [5.74, 6) is 0.282. The molecule has 2 saturated carbocycles. The summed E-state index contributed by atoms with van der Waals surface area (Å²) >= 11 is 0. The van der Waals surface area contributed by atoms with Gasteiger partial charge in [0.15, 0.2) is 0 Å². The van der Waals surface area contributed by atoms with Crippen LogP contribution in [0.3, 0.4) is 0 Å². The van der Waals surface area contributed by atoms with E-state index in [1.807, 2.05) is 14.1 Å². The van der Waals surface area contributed by atoms with Crippen molar-refractivity contribution in [3.8, 4) is 5.75 Å². The lowest BCUT2D eigenvalue weighted by Gasteiger charge is -2.45. The van der Waals surface area contributed by atoms with Crippen LogP contribution in [0.15, 0.2) is 18.2 Å². The van der Waals surface area contributed by atoms with E-state index in [1.54, 1.807) is 20.8 Å². The van der Waals surface area contributed by atoms with Crippen LogP contribution in [-0.4, -0.2) is 36.6 Å². The Hall–Kier alpha value is -1.17. The number of fused-ring (bicyclic) bond motifs is 2. The number of carbonyl (C=O) groups is 1. The SMILES string of the molecule is CN(C)CC1C2CCC(C2)CC1(O)c1cc(OC(=O)C(C)(C)C)ccc1F.Cl. The van der Waals surface area contributed by atoms with Crippen molar-refractivity contribution in [2.45, 2.75) is 52.1 Å². The van der Waals surface area contributed by atoms with Gasteiger partial charge in [-0.05, 0) is 84.2 Å². The fourth-order valence-electron chi connectivity index (χ4n) is 4.81. The van der Waals surface area contributed by atoms with Crippen LogP contribution in [0.25, 0.3) is 0 Å². The third-order valence-electron chi connectivity index (χ3n) is 6.15. The Morgan fingerprint density at radius 1 is 1.32 bits per heavy atom. The van der Waals surface area contributed by atoms with Gasteiger partial charge in [0.2, 0.25) is 0 Å². The van der Waals surface area contributed by atoms with E-state index in [0.717, 1.165) is 19.3 Å². The van der Waals surface area contributed by atoms with E-state index in [-0.39, 0.29) is 29.9 Å². The molecule has 158 valence electrons. The van der Waals surface area contributed by atoms with Crippen LogP contribution in [0.5, 0.6) is 5.75 Å². The van der Waals surface area contributed by atoms with E-state index in [9.17, 15) is 14.3 Å². The van der Waals surface area contributed by atoms with Gasteiger partial charge in [0, 0.05) is 18.0 Å². The van der Waals surface area contributed by atoms with Gasteiger partial charge < -0.3 is 14.7 Å². The first-order valence-corrected chi connectivity index (χ1v) is 9.90. The van der Waals surface area contributed by atoms with Crippen molar-refractivity contribution in [3.05, 3.63) is 29.6 Å². The van der Waals surface area contributed by atoms with Crippen LogP contribution < -0.4 is 4.74 Å². The number of esters is 1. The summed E-state index contributed by atoms with van der Waals surface area (Å²) in [4.78, 5) is 14.3. The normalized spacial score (nSPS) is 29.5. The highest BCUT2D eigenvalue weighted by Gasteiger charge is 2.52. The van der Waals surface area contributed by atoms with Crippen molar-refractivity contribution in [3.63, 3.8) is 0 Å². The Morgan fingerprint density at radius 3 is 2.61 bits per heavy atom. The lowest BCUT2D eigenvalue weighted by atomic mass is 9.65. The van der Waals surface area contributed by atoms with Crippen LogP contribution in [-0.2, 0) is 10.4 Å². The fourth-order valence-corrected chi connectivity index (χ4v) is 4.81. The molecule has 0 saturated heterocycles. The van der Waals surface area contributed by atoms with Crippen LogP contribution in [0.4, 0.5) is 4.39 Å². The minimum absolute atomic E-state index is 0. The van der Waals surface area contributed by atoms with Gasteiger partial charge >= 0.3 is 5.97 Å². The van der Waals surface area contributed by atoms with Gasteiger partial charge in [-0.25, -0.2) is 4.39 Å². The van der Waals surface area contributed by atoms with E-state index >= 15 is 0 Å². The van der Waals surface area contributed by atoms with Crippen molar-refractivity contribution in [2.24, 2.45) is 23.2 Å². The molecular formula is C22H33ClFNO3. The van der Waals surface area contributed by atoms with Crippen LogP contribution in [0.1, 0.15) is 52.0 Å². The number of rotatable bonds is 4. The van der Waals surface area contributed by atoms with Crippen molar-refractivity contribution in [1.29, 1.82) is 0 Å². The maximum absolute atomic E-state index is 14.8. The van der Waals surface area contributed by atoms with E-state index in [2.05, 4.69) is 4.90 Å². The summed E-state index contributed by atoms with van der Waals surface area (Å²) in [5, 5.41) is 11.7. The number of aliphatic hydroxyl groups is 1. The first-order chi connectivity index (χ1) is 12.5. The maximum Gasteiger partial charge on any atom is 0.316 e. The van der Waals surface area contributed by atoms with Crippen LogP contribution in [0, 0.1) is 29.0 Å². The predicted octanol–water partition coefficient (Wildman–Crippen LogP) is 4.38. The minimum Gasteiger partial charge on any atom is -0.426 e.